The van der Waals surface area contributed by atoms with Gasteiger partial charge < -0.3 is 20.2 Å². The lowest BCUT2D eigenvalue weighted by Crippen LogP contribution is -2.39. The molecule has 5 heteroatoms. The zero-order valence-corrected chi connectivity index (χ0v) is 15.1. The summed E-state index contributed by atoms with van der Waals surface area (Å²) in [6.07, 6.45) is 0.796. The van der Waals surface area contributed by atoms with Crippen LogP contribution in [0.2, 0.25) is 0 Å². The van der Waals surface area contributed by atoms with E-state index in [0.29, 0.717) is 11.7 Å². The fraction of sp³-hybridized carbons (Fsp3) is 0.286. The number of nitrogens with zero attached hydrogens (tertiary/aromatic N) is 1. The van der Waals surface area contributed by atoms with Crippen LogP contribution in [-0.2, 0) is 0 Å². The average Bonchev–Trinajstić information content (AvgIpc) is 3.20. The van der Waals surface area contributed by atoms with Crippen LogP contribution in [0.25, 0.3) is 10.8 Å². The molecule has 0 bridgehead atoms. The molecule has 26 heavy (non-hydrogen) atoms. The molecule has 136 valence electrons. The second-order valence-corrected chi connectivity index (χ2v) is 6.22. The first-order valence-electron chi connectivity index (χ1n) is 8.92. The number of nitrogens with one attached hydrogen (secondary N) is 2. The Bertz CT molecular complexity index is 859. The summed E-state index contributed by atoms with van der Waals surface area (Å²) in [5.41, 5.74) is 1.18. The molecule has 3 N–H and O–H groups in total. The summed E-state index contributed by atoms with van der Waals surface area (Å²) in [7, 11) is 0. The maximum Gasteiger partial charge on any atom is 0.191 e. The molecule has 0 saturated heterocycles. The van der Waals surface area contributed by atoms with E-state index in [2.05, 4.69) is 52.9 Å². The van der Waals surface area contributed by atoms with Crippen LogP contribution in [0.1, 0.15) is 37.3 Å². The summed E-state index contributed by atoms with van der Waals surface area (Å²) in [6, 6.07) is 18.4. The highest BCUT2D eigenvalue weighted by molar-refractivity contribution is 5.84. The monoisotopic (exact) mass is 351 g/mol. The molecule has 0 spiro atoms. The maximum absolute atomic E-state index is 10.1. The maximum atomic E-state index is 10.1. The van der Waals surface area contributed by atoms with E-state index in [1.54, 1.807) is 18.4 Å². The SMILES string of the molecule is CCNC(=NCC(O)c1ccco1)NC(C)c1ccc2ccccc2c1. The first-order chi connectivity index (χ1) is 12.7. The fourth-order valence-corrected chi connectivity index (χ4v) is 2.83. The molecular formula is C21H25N3O2. The minimum absolute atomic E-state index is 0.0816. The first-order valence-corrected chi connectivity index (χ1v) is 8.92. The van der Waals surface area contributed by atoms with Gasteiger partial charge in [0.1, 0.15) is 11.9 Å². The van der Waals surface area contributed by atoms with Gasteiger partial charge in [0.25, 0.3) is 0 Å². The molecule has 3 rings (SSSR count). The van der Waals surface area contributed by atoms with Crippen molar-refractivity contribution in [1.29, 1.82) is 0 Å². The van der Waals surface area contributed by atoms with E-state index in [1.807, 2.05) is 19.1 Å². The van der Waals surface area contributed by atoms with Crippen LogP contribution in [0.3, 0.4) is 0 Å². The summed E-state index contributed by atoms with van der Waals surface area (Å²) in [6.45, 7) is 5.08. The van der Waals surface area contributed by atoms with E-state index in [1.165, 1.54) is 16.3 Å². The Morgan fingerprint density at radius 2 is 1.92 bits per heavy atom. The molecule has 5 nitrogen and oxygen atoms in total. The van der Waals surface area contributed by atoms with Gasteiger partial charge in [-0.3, -0.25) is 4.99 Å². The van der Waals surface area contributed by atoms with Crippen LogP contribution in [0, 0.1) is 0 Å². The molecule has 2 aromatic carbocycles. The third-order valence-corrected chi connectivity index (χ3v) is 4.26. The zero-order valence-electron chi connectivity index (χ0n) is 15.1. The van der Waals surface area contributed by atoms with E-state index >= 15 is 0 Å². The van der Waals surface area contributed by atoms with Crippen LogP contribution in [0.5, 0.6) is 0 Å². The largest absolute Gasteiger partial charge is 0.467 e. The molecule has 2 atom stereocenters. The molecule has 0 aliphatic heterocycles. The Hall–Kier alpha value is -2.79. The predicted molar refractivity (Wildman–Crippen MR) is 105 cm³/mol. The summed E-state index contributed by atoms with van der Waals surface area (Å²) >= 11 is 0. The number of aliphatic hydroxyl groups is 1. The van der Waals surface area contributed by atoms with E-state index in [0.717, 1.165) is 6.54 Å². The smallest absolute Gasteiger partial charge is 0.191 e. The van der Waals surface area contributed by atoms with E-state index < -0.39 is 6.10 Å². The van der Waals surface area contributed by atoms with Crippen LogP contribution in [-0.4, -0.2) is 24.2 Å². The Kier molecular flexibility index (Phi) is 5.92. The van der Waals surface area contributed by atoms with Crippen molar-refractivity contribution in [3.8, 4) is 0 Å². The fourth-order valence-electron chi connectivity index (χ4n) is 2.83. The highest BCUT2D eigenvalue weighted by atomic mass is 16.4. The van der Waals surface area contributed by atoms with E-state index in [-0.39, 0.29) is 12.6 Å². The number of furan rings is 1. The van der Waals surface area contributed by atoms with E-state index in [9.17, 15) is 5.11 Å². The lowest BCUT2D eigenvalue weighted by Gasteiger charge is -2.19. The van der Waals surface area contributed by atoms with Crippen molar-refractivity contribution in [2.75, 3.05) is 13.1 Å². The van der Waals surface area contributed by atoms with Gasteiger partial charge in [0.2, 0.25) is 0 Å². The van der Waals surface area contributed by atoms with Crippen molar-refractivity contribution in [1.82, 2.24) is 10.6 Å². The molecule has 0 amide bonds. The minimum Gasteiger partial charge on any atom is -0.467 e. The molecular weight excluding hydrogens is 326 g/mol. The second-order valence-electron chi connectivity index (χ2n) is 6.22. The molecule has 1 aromatic heterocycles. The topological polar surface area (TPSA) is 69.8 Å². The highest BCUT2D eigenvalue weighted by Gasteiger charge is 2.12. The normalized spacial score (nSPS) is 14.2. The molecule has 0 saturated carbocycles. The molecule has 0 radical (unpaired) electrons. The van der Waals surface area contributed by atoms with Crippen LogP contribution < -0.4 is 10.6 Å². The lowest BCUT2D eigenvalue weighted by molar-refractivity contribution is 0.158. The van der Waals surface area contributed by atoms with Crippen molar-refractivity contribution in [2.45, 2.75) is 26.0 Å². The summed E-state index contributed by atoms with van der Waals surface area (Å²) in [4.78, 5) is 4.48. The Labute approximate surface area is 153 Å². The number of aliphatic hydroxyl groups excluding tert-OH is 1. The third kappa shape index (κ3) is 4.43. The summed E-state index contributed by atoms with van der Waals surface area (Å²) in [5.74, 6) is 1.19. The number of hydrogen-bond acceptors (Lipinski definition) is 3. The third-order valence-electron chi connectivity index (χ3n) is 4.26. The van der Waals surface area contributed by atoms with Crippen molar-refractivity contribution in [3.63, 3.8) is 0 Å². The highest BCUT2D eigenvalue weighted by Crippen LogP contribution is 2.20. The summed E-state index contributed by atoms with van der Waals surface area (Å²) in [5, 5.41) is 19.2. The van der Waals surface area contributed by atoms with Gasteiger partial charge in [0, 0.05) is 6.54 Å². The average molecular weight is 351 g/mol. The van der Waals surface area contributed by atoms with Gasteiger partial charge in [-0.15, -0.1) is 0 Å². The number of guanidine groups is 1. The number of fused-ring (bicyclic) bond motifs is 1. The van der Waals surface area contributed by atoms with Gasteiger partial charge >= 0.3 is 0 Å². The Morgan fingerprint density at radius 1 is 1.12 bits per heavy atom. The lowest BCUT2D eigenvalue weighted by atomic mass is 10.0. The standard InChI is InChI=1S/C21H25N3O2/c1-3-22-21(23-14-19(25)20-9-6-12-26-20)24-15(2)17-11-10-16-7-4-5-8-18(16)13-17/h4-13,15,19,25H,3,14H2,1-2H3,(H2,22,23,24). The van der Waals surface area contributed by atoms with Gasteiger partial charge in [-0.25, -0.2) is 0 Å². The first kappa shape index (κ1) is 18.0. The molecule has 2 unspecified atom stereocenters. The Balaban J connectivity index is 1.70. The van der Waals surface area contributed by atoms with Gasteiger partial charge in [0.05, 0.1) is 18.8 Å². The number of aliphatic imine (C=N–C) groups is 1. The Morgan fingerprint density at radius 3 is 2.65 bits per heavy atom. The molecule has 0 aliphatic carbocycles. The molecule has 0 fully saturated rings. The zero-order chi connectivity index (χ0) is 18.4. The van der Waals surface area contributed by atoms with Gasteiger partial charge in [-0.2, -0.15) is 0 Å². The van der Waals surface area contributed by atoms with Crippen molar-refractivity contribution < 1.29 is 9.52 Å². The number of benzene rings is 2. The van der Waals surface area contributed by atoms with Crippen molar-refractivity contribution in [3.05, 3.63) is 72.2 Å². The van der Waals surface area contributed by atoms with Crippen molar-refractivity contribution >= 4 is 16.7 Å². The second kappa shape index (κ2) is 8.54. The quantitative estimate of drug-likeness (QED) is 0.467. The molecule has 1 heterocycles. The van der Waals surface area contributed by atoms with Crippen LogP contribution in [0.4, 0.5) is 0 Å². The van der Waals surface area contributed by atoms with Crippen LogP contribution >= 0.6 is 0 Å². The van der Waals surface area contributed by atoms with Gasteiger partial charge in [-0.1, -0.05) is 36.4 Å². The van der Waals surface area contributed by atoms with Gasteiger partial charge in [-0.05, 0) is 48.4 Å². The van der Waals surface area contributed by atoms with Crippen molar-refractivity contribution in [2.24, 2.45) is 4.99 Å². The minimum atomic E-state index is -0.753. The summed E-state index contributed by atoms with van der Waals surface area (Å²) < 4.78 is 5.22. The molecule has 0 aliphatic rings. The number of hydrogen-bond donors (Lipinski definition) is 3. The predicted octanol–water partition coefficient (Wildman–Crippen LogP) is 3.78. The molecule has 3 aromatic rings. The van der Waals surface area contributed by atoms with E-state index in [4.69, 9.17) is 4.42 Å². The number of rotatable bonds is 6. The van der Waals surface area contributed by atoms with Gasteiger partial charge in [0.15, 0.2) is 5.96 Å². The van der Waals surface area contributed by atoms with Crippen LogP contribution in [0.15, 0.2) is 70.3 Å².